The van der Waals surface area contributed by atoms with Crippen molar-refractivity contribution >= 4 is 35.6 Å². The molecule has 0 saturated carbocycles. The number of carbonyl (C=O) groups is 6. The van der Waals surface area contributed by atoms with Crippen molar-refractivity contribution < 1.29 is 133 Å². The Labute approximate surface area is 374 Å². The Hall–Kier alpha value is -8.92. The predicted molar refractivity (Wildman–Crippen MR) is 205 cm³/mol. The molecule has 14 N–H and O–H groups in total. The monoisotopic (exact) mass is 954 g/mol. The van der Waals surface area contributed by atoms with Gasteiger partial charge in [-0.05, 0) is 48.5 Å². The standard InChI is InChI=1S/C41H30O27/c42-15-1-10(2-16(43)26(15)50)34(54)65-32-30-22(9-62-37(57)14-8-23(49)41(61)40(59,60)25(14)24-13(38(58)64-30)7-21(48)29(53)31(24)68-41)63-39(67-36(56)12-5-19(46)28(52)20(47)6-12)33(32)66-35(55)11-3-17(44)27(51)18(45)4-11/h1-8,22,25,30,32-33,39,42-48,50-53,59-61H,9H2/t22-,25-,30-,32-,33+,39+,41-/m1/s1. The zero-order chi connectivity index (χ0) is 49.6. The highest BCUT2D eigenvalue weighted by molar-refractivity contribution is 6.08. The van der Waals surface area contributed by atoms with Crippen LogP contribution in [0.25, 0.3) is 0 Å². The second kappa shape index (κ2) is 15.9. The van der Waals surface area contributed by atoms with E-state index in [1.807, 2.05) is 0 Å². The number of phenols is 11. The minimum Gasteiger partial charge on any atom is -0.504 e. The molecule has 1 fully saturated rings. The van der Waals surface area contributed by atoms with Gasteiger partial charge in [0.15, 0.2) is 75.5 Å². The number of carbonyl (C=O) groups excluding carboxylic acids is 6. The van der Waals surface area contributed by atoms with Gasteiger partial charge in [0.2, 0.25) is 23.9 Å². The first-order chi connectivity index (χ1) is 31.8. The number of aliphatic hydroxyl groups is 3. The maximum absolute atomic E-state index is 14.5. The minimum atomic E-state index is -3.90. The van der Waals surface area contributed by atoms with Gasteiger partial charge in [-0.25, -0.2) is 24.0 Å². The highest BCUT2D eigenvalue weighted by atomic mass is 16.7. The van der Waals surface area contributed by atoms with Gasteiger partial charge in [0.25, 0.3) is 5.79 Å². The number of hydrogen-bond acceptors (Lipinski definition) is 27. The molecule has 3 heterocycles. The Kier molecular flexibility index (Phi) is 10.7. The molecule has 4 aromatic carbocycles. The first-order valence-corrected chi connectivity index (χ1v) is 19.0. The maximum atomic E-state index is 14.5. The van der Waals surface area contributed by atoms with Crippen molar-refractivity contribution in [3.05, 3.63) is 81.9 Å². The quantitative estimate of drug-likeness (QED) is 0.0473. The molecule has 4 aromatic rings. The van der Waals surface area contributed by atoms with Crippen molar-refractivity contribution in [2.24, 2.45) is 0 Å². The van der Waals surface area contributed by atoms with Gasteiger partial charge in [-0.15, -0.1) is 0 Å². The first kappa shape index (κ1) is 45.6. The Bertz CT molecular complexity index is 2870. The average molecular weight is 955 g/mol. The van der Waals surface area contributed by atoms with Gasteiger partial charge in [-0.2, -0.15) is 0 Å². The number of esters is 5. The van der Waals surface area contributed by atoms with E-state index in [2.05, 4.69) is 0 Å². The summed E-state index contributed by atoms with van der Waals surface area (Å²) >= 11 is 0. The van der Waals surface area contributed by atoms with Crippen molar-refractivity contribution in [2.75, 3.05) is 6.61 Å². The van der Waals surface area contributed by atoms with Gasteiger partial charge in [0.05, 0.1) is 33.7 Å². The third-order valence-electron chi connectivity index (χ3n) is 10.9. The van der Waals surface area contributed by atoms with E-state index >= 15 is 0 Å². The predicted octanol–water partition coefficient (Wildman–Crippen LogP) is -1.08. The number of cyclic esters (lactones) is 1. The first-order valence-electron chi connectivity index (χ1n) is 19.0. The van der Waals surface area contributed by atoms with Crippen molar-refractivity contribution in [2.45, 2.75) is 48.2 Å². The van der Waals surface area contributed by atoms with Gasteiger partial charge in [-0.1, -0.05) is 0 Å². The number of aromatic hydroxyl groups is 11. The molecule has 0 amide bonds. The molecular weight excluding hydrogens is 924 g/mol. The molecule has 0 spiro atoms. The lowest BCUT2D eigenvalue weighted by molar-refractivity contribution is -0.339. The van der Waals surface area contributed by atoms with Crippen LogP contribution in [0.15, 0.2) is 54.1 Å². The molecule has 27 nitrogen and oxygen atoms in total. The van der Waals surface area contributed by atoms with Gasteiger partial charge < -0.3 is 105 Å². The summed E-state index contributed by atoms with van der Waals surface area (Å²) in [5.74, 6) is -34.2. The molecule has 0 radical (unpaired) electrons. The normalized spacial score (nSPS) is 24.6. The zero-order valence-electron chi connectivity index (χ0n) is 33.4. The van der Waals surface area contributed by atoms with Crippen LogP contribution >= 0.6 is 0 Å². The summed E-state index contributed by atoms with van der Waals surface area (Å²) in [6, 6.07) is 3.66. The van der Waals surface area contributed by atoms with Crippen LogP contribution in [-0.2, 0) is 38.0 Å². The summed E-state index contributed by atoms with van der Waals surface area (Å²) in [5, 5.41) is 146. The molecule has 7 atom stereocenters. The van der Waals surface area contributed by atoms with Crippen LogP contribution in [0.1, 0.15) is 52.9 Å². The van der Waals surface area contributed by atoms with Crippen LogP contribution < -0.4 is 4.74 Å². The van der Waals surface area contributed by atoms with Crippen molar-refractivity contribution in [3.63, 3.8) is 0 Å². The van der Waals surface area contributed by atoms with Crippen molar-refractivity contribution in [1.82, 2.24) is 0 Å². The molecule has 68 heavy (non-hydrogen) atoms. The highest BCUT2D eigenvalue weighted by Crippen LogP contribution is 2.58. The second-order valence-corrected chi connectivity index (χ2v) is 15.1. The fraction of sp³-hybridized carbons (Fsp3) is 0.220. The van der Waals surface area contributed by atoms with Crippen LogP contribution in [0.5, 0.6) is 69.0 Å². The Balaban J connectivity index is 1.32. The number of fused-ring (bicyclic) bond motifs is 2. The van der Waals surface area contributed by atoms with E-state index in [1.165, 1.54) is 0 Å². The number of phenolic OH excluding ortho intramolecular Hbond substituents is 11. The molecule has 3 aliphatic heterocycles. The highest BCUT2D eigenvalue weighted by Gasteiger charge is 2.70. The van der Waals surface area contributed by atoms with Gasteiger partial charge >= 0.3 is 35.6 Å². The lowest BCUT2D eigenvalue weighted by Crippen LogP contribution is -2.70. The molecule has 27 heteroatoms. The van der Waals surface area contributed by atoms with E-state index in [0.717, 1.165) is 0 Å². The molecule has 0 unspecified atom stereocenters. The molecule has 1 aliphatic carbocycles. The van der Waals surface area contributed by atoms with E-state index in [1.54, 1.807) is 0 Å². The molecule has 2 bridgehead atoms. The summed E-state index contributed by atoms with van der Waals surface area (Å²) in [6.07, 6.45) is -12.0. The summed E-state index contributed by atoms with van der Waals surface area (Å²) in [7, 11) is 0. The topological polar surface area (TPSA) is 450 Å². The number of ether oxygens (including phenoxy) is 7. The minimum absolute atomic E-state index is 0.325. The van der Waals surface area contributed by atoms with E-state index in [0.29, 0.717) is 48.5 Å². The Morgan fingerprint density at radius 3 is 1.50 bits per heavy atom. The number of ketones is 1. The molecule has 356 valence electrons. The second-order valence-electron chi connectivity index (χ2n) is 15.1. The fourth-order valence-corrected chi connectivity index (χ4v) is 7.59. The molecule has 8 rings (SSSR count). The Morgan fingerprint density at radius 1 is 0.574 bits per heavy atom. The number of rotatable bonds is 6. The zero-order valence-corrected chi connectivity index (χ0v) is 33.4. The smallest absolute Gasteiger partial charge is 0.340 e. The van der Waals surface area contributed by atoms with Crippen LogP contribution in [0.4, 0.5) is 0 Å². The maximum Gasteiger partial charge on any atom is 0.340 e. The molecule has 0 aromatic heterocycles. The number of benzene rings is 4. The molecule has 4 aliphatic rings. The van der Waals surface area contributed by atoms with Crippen molar-refractivity contribution in [1.29, 1.82) is 0 Å². The number of hydrogen-bond donors (Lipinski definition) is 14. The summed E-state index contributed by atoms with van der Waals surface area (Å²) in [6.45, 7) is -1.30. The van der Waals surface area contributed by atoms with Gasteiger partial charge in [-0.3, -0.25) is 4.79 Å². The molecular formula is C41H30O27. The lowest BCUT2D eigenvalue weighted by Gasteiger charge is -2.49. The lowest BCUT2D eigenvalue weighted by atomic mass is 9.70. The van der Waals surface area contributed by atoms with Crippen LogP contribution in [0.3, 0.4) is 0 Å². The SMILES string of the molecule is O=C1OC[C@H]2O[C@@H](OC(=O)c3cc(O)c(O)c(O)c3)[C@@H](OC(=O)c3cc(O)c(O)c(O)c3)[C@H](OC(=O)c3cc(O)c(O)c(O)c3)[C@@H]2OC(=O)c2cc(O)c(O)c3c2[C@H]2C1=CC(=O)[C@@](O)(O3)C2(O)O. The third-order valence-corrected chi connectivity index (χ3v) is 10.9. The van der Waals surface area contributed by atoms with E-state index < -0.39 is 193 Å². The van der Waals surface area contributed by atoms with E-state index in [-0.39, 0.29) is 0 Å². The summed E-state index contributed by atoms with van der Waals surface area (Å²) in [4.78, 5) is 83.2. The third kappa shape index (κ3) is 7.18. The van der Waals surface area contributed by atoms with Crippen LogP contribution in [-0.4, -0.2) is 156 Å². The largest absolute Gasteiger partial charge is 0.504 e. The van der Waals surface area contributed by atoms with E-state index in [4.69, 9.17) is 33.2 Å². The van der Waals surface area contributed by atoms with Gasteiger partial charge in [0, 0.05) is 5.56 Å². The fourth-order valence-electron chi connectivity index (χ4n) is 7.59. The van der Waals surface area contributed by atoms with Crippen LogP contribution in [0, 0.1) is 0 Å². The van der Waals surface area contributed by atoms with Crippen LogP contribution in [0.2, 0.25) is 0 Å². The van der Waals surface area contributed by atoms with E-state index in [9.17, 15) is 100 Å². The molecule has 1 saturated heterocycles. The average Bonchev–Trinajstić information content (AvgIpc) is 3.28. The summed E-state index contributed by atoms with van der Waals surface area (Å²) in [5.41, 5.74) is -5.52. The Morgan fingerprint density at radius 2 is 1.01 bits per heavy atom. The van der Waals surface area contributed by atoms with Gasteiger partial charge in [0.1, 0.15) is 12.7 Å². The summed E-state index contributed by atoms with van der Waals surface area (Å²) < 4.78 is 38.6. The van der Waals surface area contributed by atoms with Crippen molar-refractivity contribution in [3.8, 4) is 69.0 Å².